The van der Waals surface area contributed by atoms with Gasteiger partial charge in [-0.3, -0.25) is 9.80 Å². The summed E-state index contributed by atoms with van der Waals surface area (Å²) >= 11 is 0. The Balaban J connectivity index is 1.12. The summed E-state index contributed by atoms with van der Waals surface area (Å²) in [6.45, 7) is 8.60. The lowest BCUT2D eigenvalue weighted by Gasteiger charge is -2.32. The van der Waals surface area contributed by atoms with Crippen molar-refractivity contribution in [3.63, 3.8) is 0 Å². The SMILES string of the molecule is Cc1cnc(N(c2ccccc2)c2ccc3c(c2)oc2c(N(c4ccccc4)c4ncc(C)cc4-c4ccccc4C)c4c(cc23)C2(c3ccccc3-c3ccccc32)c2ccccc2-4)c(-c2ccccc2C)c1. The molecule has 0 fully saturated rings. The number of aromatic nitrogens is 2. The molecule has 3 heterocycles. The van der Waals surface area contributed by atoms with Crippen LogP contribution in [0.2, 0.25) is 0 Å². The Bertz CT molecular complexity index is 4170. The second-order valence-corrected chi connectivity index (χ2v) is 19.9. The van der Waals surface area contributed by atoms with Crippen LogP contribution in [0.5, 0.6) is 0 Å². The average Bonchev–Trinajstić information content (AvgIpc) is 4.17. The number of benzene rings is 9. The Morgan fingerprint density at radius 2 is 0.824 bits per heavy atom. The summed E-state index contributed by atoms with van der Waals surface area (Å²) < 4.78 is 7.63. The van der Waals surface area contributed by atoms with E-state index in [1.165, 1.54) is 50.1 Å². The number of fused-ring (bicyclic) bond motifs is 13. The summed E-state index contributed by atoms with van der Waals surface area (Å²) in [6, 6.07) is 79.3. The predicted octanol–water partition coefficient (Wildman–Crippen LogP) is 18.2. The molecule has 0 saturated carbocycles. The summed E-state index contributed by atoms with van der Waals surface area (Å²) in [5.74, 6) is 1.66. The molecule has 3 aromatic heterocycles. The number of aryl methyl sites for hydroxylation is 4. The average molecular weight is 951 g/mol. The van der Waals surface area contributed by atoms with Crippen molar-refractivity contribution in [3.05, 3.63) is 275 Å². The van der Waals surface area contributed by atoms with E-state index < -0.39 is 5.41 Å². The maximum atomic E-state index is 7.63. The van der Waals surface area contributed by atoms with Gasteiger partial charge in [0.2, 0.25) is 0 Å². The van der Waals surface area contributed by atoms with Crippen LogP contribution in [0.4, 0.5) is 34.4 Å². The van der Waals surface area contributed by atoms with Crippen molar-refractivity contribution in [3.8, 4) is 44.5 Å². The Morgan fingerprint density at radius 1 is 0.365 bits per heavy atom. The number of furan rings is 1. The van der Waals surface area contributed by atoms with Gasteiger partial charge in [0.25, 0.3) is 0 Å². The van der Waals surface area contributed by atoms with E-state index in [4.69, 9.17) is 14.4 Å². The molecular formula is C69H50N4O. The molecule has 9 aromatic carbocycles. The molecule has 2 aliphatic rings. The molecule has 5 nitrogen and oxygen atoms in total. The Kier molecular flexibility index (Phi) is 9.93. The summed E-state index contributed by atoms with van der Waals surface area (Å²) in [7, 11) is 0. The lowest BCUT2D eigenvalue weighted by Crippen LogP contribution is -2.26. The van der Waals surface area contributed by atoms with E-state index in [0.29, 0.717) is 0 Å². The van der Waals surface area contributed by atoms with E-state index in [-0.39, 0.29) is 0 Å². The van der Waals surface area contributed by atoms with E-state index in [0.717, 1.165) is 95.3 Å². The molecule has 0 bridgehead atoms. The molecule has 0 amide bonds. The molecule has 1 spiro atoms. The first kappa shape index (κ1) is 43.5. The number of pyridine rings is 2. The zero-order chi connectivity index (χ0) is 49.7. The Hall–Kier alpha value is -9.32. The van der Waals surface area contributed by atoms with Gasteiger partial charge in [-0.25, -0.2) is 9.97 Å². The largest absolute Gasteiger partial charge is 0.454 e. The number of hydrogen-bond donors (Lipinski definition) is 0. The second-order valence-electron chi connectivity index (χ2n) is 19.9. The maximum absolute atomic E-state index is 7.63. The first-order valence-corrected chi connectivity index (χ1v) is 25.5. The van der Waals surface area contributed by atoms with Crippen LogP contribution in [0.15, 0.2) is 235 Å². The van der Waals surface area contributed by atoms with Gasteiger partial charge in [0.1, 0.15) is 17.2 Å². The Morgan fingerprint density at radius 3 is 1.38 bits per heavy atom. The smallest absolute Gasteiger partial charge is 0.160 e. The van der Waals surface area contributed by atoms with Crippen LogP contribution < -0.4 is 9.80 Å². The first-order valence-electron chi connectivity index (χ1n) is 25.5. The third kappa shape index (κ3) is 6.42. The lowest BCUT2D eigenvalue weighted by molar-refractivity contribution is 0.669. The van der Waals surface area contributed by atoms with Gasteiger partial charge in [0, 0.05) is 57.3 Å². The topological polar surface area (TPSA) is 45.4 Å². The van der Waals surface area contributed by atoms with Crippen molar-refractivity contribution in [1.82, 2.24) is 9.97 Å². The fraction of sp³-hybridized carbons (Fsp3) is 0.0725. The molecule has 0 unspecified atom stereocenters. The van der Waals surface area contributed by atoms with Crippen LogP contribution in [0.1, 0.15) is 44.5 Å². The summed E-state index contributed by atoms with van der Waals surface area (Å²) in [4.78, 5) is 15.4. The highest BCUT2D eigenvalue weighted by atomic mass is 16.3. The van der Waals surface area contributed by atoms with Crippen LogP contribution in [-0.2, 0) is 5.41 Å². The van der Waals surface area contributed by atoms with E-state index in [1.54, 1.807) is 0 Å². The van der Waals surface area contributed by atoms with Crippen LogP contribution in [0.25, 0.3) is 66.4 Å². The quantitative estimate of drug-likeness (QED) is 0.152. The summed E-state index contributed by atoms with van der Waals surface area (Å²) in [5, 5.41) is 2.05. The van der Waals surface area contributed by atoms with E-state index in [9.17, 15) is 0 Å². The van der Waals surface area contributed by atoms with E-state index in [2.05, 4.69) is 256 Å². The van der Waals surface area contributed by atoms with Gasteiger partial charge in [-0.1, -0.05) is 158 Å². The molecule has 12 aromatic rings. The highest BCUT2D eigenvalue weighted by molar-refractivity contribution is 6.18. The van der Waals surface area contributed by atoms with Crippen molar-refractivity contribution in [1.29, 1.82) is 0 Å². The normalized spacial score (nSPS) is 12.7. The molecular weight excluding hydrogens is 901 g/mol. The van der Waals surface area contributed by atoms with Gasteiger partial charge in [-0.15, -0.1) is 0 Å². The van der Waals surface area contributed by atoms with Crippen molar-refractivity contribution in [2.75, 3.05) is 9.80 Å². The molecule has 0 saturated heterocycles. The third-order valence-corrected chi connectivity index (χ3v) is 15.5. The van der Waals surface area contributed by atoms with Crippen LogP contribution >= 0.6 is 0 Å². The molecule has 0 N–H and O–H groups in total. The van der Waals surface area contributed by atoms with Crippen molar-refractivity contribution < 1.29 is 4.42 Å². The molecule has 2 aliphatic carbocycles. The molecule has 352 valence electrons. The molecule has 0 aliphatic heterocycles. The van der Waals surface area contributed by atoms with Gasteiger partial charge in [-0.05, 0) is 155 Å². The number of anilines is 6. The highest BCUT2D eigenvalue weighted by Crippen LogP contribution is 2.66. The lowest BCUT2D eigenvalue weighted by atomic mass is 9.70. The number of para-hydroxylation sites is 2. The van der Waals surface area contributed by atoms with Crippen LogP contribution in [0, 0.1) is 27.7 Å². The zero-order valence-corrected chi connectivity index (χ0v) is 41.6. The number of nitrogens with zero attached hydrogens (tertiary/aromatic N) is 4. The standard InChI is InChI=1S/C69H50N4O/c1-43-37-57(50-27-13-11-21-45(50)3)67(70-41-43)72(47-23-7-5-8-24-47)49-35-36-54-56-40-62-64(55-31-17-20-34-61(55)69(62)59-32-18-15-29-52(59)53-30-16-19-33-60(53)69)65(66(56)74-63(54)39-49)73(48-25-9-6-10-26-48)68-58(38-44(2)42-71-68)51-28-14-12-22-46(51)4/h5-42H,1-4H3. The minimum absolute atomic E-state index is 0.624. The summed E-state index contributed by atoms with van der Waals surface area (Å²) in [6.07, 6.45) is 3.97. The fourth-order valence-corrected chi connectivity index (χ4v) is 12.3. The van der Waals surface area contributed by atoms with E-state index in [1.807, 2.05) is 12.4 Å². The molecule has 5 heteroatoms. The number of rotatable bonds is 8. The van der Waals surface area contributed by atoms with Crippen LogP contribution in [-0.4, -0.2) is 9.97 Å². The van der Waals surface area contributed by atoms with E-state index >= 15 is 0 Å². The third-order valence-electron chi connectivity index (χ3n) is 15.5. The predicted molar refractivity (Wildman–Crippen MR) is 305 cm³/mol. The molecule has 14 rings (SSSR count). The van der Waals surface area contributed by atoms with Gasteiger partial charge >= 0.3 is 0 Å². The van der Waals surface area contributed by atoms with Gasteiger partial charge in [-0.2, -0.15) is 0 Å². The first-order chi connectivity index (χ1) is 36.4. The van der Waals surface area contributed by atoms with Crippen LogP contribution in [0.3, 0.4) is 0 Å². The van der Waals surface area contributed by atoms with Crippen molar-refractivity contribution in [2.45, 2.75) is 33.1 Å². The number of hydrogen-bond acceptors (Lipinski definition) is 5. The maximum Gasteiger partial charge on any atom is 0.160 e. The summed E-state index contributed by atoms with van der Waals surface area (Å²) in [5.41, 5.74) is 23.5. The minimum Gasteiger partial charge on any atom is -0.454 e. The van der Waals surface area contributed by atoms with Gasteiger partial charge in [0.15, 0.2) is 5.58 Å². The Labute approximate surface area is 431 Å². The highest BCUT2D eigenvalue weighted by Gasteiger charge is 2.53. The van der Waals surface area contributed by atoms with Crippen molar-refractivity contribution >= 4 is 56.3 Å². The van der Waals surface area contributed by atoms with Gasteiger partial charge in [0.05, 0.1) is 16.8 Å². The molecule has 0 radical (unpaired) electrons. The van der Waals surface area contributed by atoms with Crippen molar-refractivity contribution in [2.24, 2.45) is 0 Å². The minimum atomic E-state index is -0.624. The molecule has 74 heavy (non-hydrogen) atoms. The second kappa shape index (κ2) is 16.9. The monoisotopic (exact) mass is 950 g/mol. The zero-order valence-electron chi connectivity index (χ0n) is 41.6. The molecule has 0 atom stereocenters. The fourth-order valence-electron chi connectivity index (χ4n) is 12.3. The van der Waals surface area contributed by atoms with Gasteiger partial charge < -0.3 is 4.42 Å².